The summed E-state index contributed by atoms with van der Waals surface area (Å²) in [6, 6.07) is 0. The van der Waals surface area contributed by atoms with Crippen molar-refractivity contribution in [3.63, 3.8) is 0 Å². The monoisotopic (exact) mass is 508 g/mol. The van der Waals surface area contributed by atoms with Gasteiger partial charge in [-0.1, -0.05) is 98.0 Å². The Labute approximate surface area is 219 Å². The first-order chi connectivity index (χ1) is 17.3. The van der Waals surface area contributed by atoms with E-state index in [4.69, 9.17) is 14.2 Å². The summed E-state index contributed by atoms with van der Waals surface area (Å²) in [5.74, 6) is -1.27. The molecule has 1 fully saturated rings. The lowest BCUT2D eigenvalue weighted by Crippen LogP contribution is -2.49. The molecule has 2 unspecified atom stereocenters. The number of carbonyl (C=O) groups is 3. The predicted octanol–water partition coefficient (Wildman–Crippen LogP) is 7.48. The molecule has 0 amide bonds. The Balaban J connectivity index is 2.48. The van der Waals surface area contributed by atoms with Gasteiger partial charge in [0.2, 0.25) is 5.60 Å². The highest BCUT2D eigenvalue weighted by atomic mass is 16.6. The molecule has 0 aromatic heterocycles. The van der Waals surface area contributed by atoms with Crippen molar-refractivity contribution in [3.05, 3.63) is 12.7 Å². The highest BCUT2D eigenvalue weighted by Crippen LogP contribution is 2.37. The van der Waals surface area contributed by atoms with Crippen LogP contribution in [0.15, 0.2) is 12.7 Å². The third kappa shape index (κ3) is 13.5. The van der Waals surface area contributed by atoms with Gasteiger partial charge in [-0.3, -0.25) is 4.79 Å². The van der Waals surface area contributed by atoms with E-state index in [1.807, 2.05) is 0 Å². The van der Waals surface area contributed by atoms with Gasteiger partial charge in [0.05, 0.1) is 19.1 Å². The second kappa shape index (κ2) is 19.3. The summed E-state index contributed by atoms with van der Waals surface area (Å²) in [6.45, 7) is 10.8. The molecule has 6 nitrogen and oxygen atoms in total. The van der Waals surface area contributed by atoms with Crippen LogP contribution in [-0.2, 0) is 28.6 Å². The van der Waals surface area contributed by atoms with E-state index in [9.17, 15) is 14.4 Å². The van der Waals surface area contributed by atoms with Crippen molar-refractivity contribution in [1.29, 1.82) is 0 Å². The Kier molecular flexibility index (Phi) is 17.2. The van der Waals surface area contributed by atoms with Crippen molar-refractivity contribution in [3.8, 4) is 0 Å². The average molecular weight is 509 g/mol. The smallest absolute Gasteiger partial charge is 0.350 e. The molecule has 1 saturated carbocycles. The van der Waals surface area contributed by atoms with E-state index in [2.05, 4.69) is 27.4 Å². The highest BCUT2D eigenvalue weighted by Gasteiger charge is 2.49. The summed E-state index contributed by atoms with van der Waals surface area (Å²) in [5, 5.41) is 0. The zero-order chi connectivity index (χ0) is 26.7. The molecule has 0 aromatic carbocycles. The number of hydrogen-bond donors (Lipinski definition) is 0. The van der Waals surface area contributed by atoms with Gasteiger partial charge in [0.25, 0.3) is 0 Å². The quantitative estimate of drug-likeness (QED) is 0.0734. The van der Waals surface area contributed by atoms with Crippen molar-refractivity contribution >= 4 is 17.9 Å². The summed E-state index contributed by atoms with van der Waals surface area (Å²) in [6.07, 6.45) is 17.3. The van der Waals surface area contributed by atoms with E-state index in [1.54, 1.807) is 0 Å². The Morgan fingerprint density at radius 3 is 2.08 bits per heavy atom. The number of esters is 3. The van der Waals surface area contributed by atoms with Gasteiger partial charge in [-0.15, -0.1) is 0 Å². The summed E-state index contributed by atoms with van der Waals surface area (Å²) in [4.78, 5) is 37.9. The van der Waals surface area contributed by atoms with Crippen LogP contribution in [0.25, 0.3) is 0 Å². The van der Waals surface area contributed by atoms with E-state index in [0.717, 1.165) is 50.5 Å². The van der Waals surface area contributed by atoms with Crippen LogP contribution in [0.3, 0.4) is 0 Å². The van der Waals surface area contributed by atoms with E-state index in [0.29, 0.717) is 32.5 Å². The fraction of sp³-hybridized carbons (Fsp3) is 0.833. The van der Waals surface area contributed by atoms with Crippen LogP contribution in [0.1, 0.15) is 130 Å². The van der Waals surface area contributed by atoms with Gasteiger partial charge < -0.3 is 14.2 Å². The minimum Gasteiger partial charge on any atom is -0.465 e. The fourth-order valence-electron chi connectivity index (χ4n) is 4.82. The molecule has 1 aliphatic rings. The van der Waals surface area contributed by atoms with Gasteiger partial charge in [0.15, 0.2) is 0 Å². The van der Waals surface area contributed by atoms with E-state index >= 15 is 0 Å². The van der Waals surface area contributed by atoms with Crippen molar-refractivity contribution in [1.82, 2.24) is 0 Å². The molecule has 208 valence electrons. The molecule has 0 spiro atoms. The molecule has 0 heterocycles. The maximum absolute atomic E-state index is 13.1. The van der Waals surface area contributed by atoms with Crippen molar-refractivity contribution < 1.29 is 28.6 Å². The average Bonchev–Trinajstić information content (AvgIpc) is 2.86. The molecule has 0 bridgehead atoms. The Bertz CT molecular complexity index is 643. The molecule has 36 heavy (non-hydrogen) atoms. The zero-order valence-corrected chi connectivity index (χ0v) is 23.3. The number of unbranched alkanes of at least 4 members (excludes halogenated alkanes) is 10. The van der Waals surface area contributed by atoms with Crippen molar-refractivity contribution in [2.75, 3.05) is 13.2 Å². The maximum Gasteiger partial charge on any atom is 0.350 e. The maximum atomic E-state index is 13.1. The van der Waals surface area contributed by atoms with Crippen molar-refractivity contribution in [2.24, 2.45) is 11.8 Å². The normalized spacial score (nSPS) is 19.6. The molecule has 0 aliphatic heterocycles. The number of hydrogen-bond acceptors (Lipinski definition) is 6. The minimum atomic E-state index is -1.44. The largest absolute Gasteiger partial charge is 0.465 e. The minimum absolute atomic E-state index is 0.108. The van der Waals surface area contributed by atoms with Crippen LogP contribution in [0.4, 0.5) is 0 Å². The second-order valence-corrected chi connectivity index (χ2v) is 10.8. The number of ether oxygens (including phenoxy) is 3. The summed E-state index contributed by atoms with van der Waals surface area (Å²) in [7, 11) is 0. The van der Waals surface area contributed by atoms with Crippen LogP contribution in [-0.4, -0.2) is 36.7 Å². The lowest BCUT2D eigenvalue weighted by atomic mass is 9.77. The van der Waals surface area contributed by atoms with Crippen LogP contribution in [0.5, 0.6) is 0 Å². The Morgan fingerprint density at radius 1 is 0.889 bits per heavy atom. The standard InChI is InChI=1S/C30H52O6/c1-5-7-8-9-10-13-17-23-35-29(33)30(36-27(31)6-2)21-18-20-26(24-30)28(32)34-22-16-14-11-12-15-19-25(3)4/h6,25-26H,2,5,7-24H2,1,3-4H3. The molecule has 1 rings (SSSR count). The Hall–Kier alpha value is -1.85. The molecule has 0 radical (unpaired) electrons. The molecule has 0 N–H and O–H groups in total. The van der Waals surface area contributed by atoms with Crippen LogP contribution < -0.4 is 0 Å². The van der Waals surface area contributed by atoms with Crippen LogP contribution in [0.2, 0.25) is 0 Å². The first-order valence-corrected chi connectivity index (χ1v) is 14.5. The third-order valence-electron chi connectivity index (χ3n) is 7.03. The number of rotatable bonds is 20. The summed E-state index contributed by atoms with van der Waals surface area (Å²) >= 11 is 0. The molecular weight excluding hydrogens is 456 g/mol. The first-order valence-electron chi connectivity index (χ1n) is 14.5. The first kappa shape index (κ1) is 32.2. The van der Waals surface area contributed by atoms with E-state index in [1.165, 1.54) is 44.9 Å². The van der Waals surface area contributed by atoms with E-state index in [-0.39, 0.29) is 12.4 Å². The molecule has 1 aliphatic carbocycles. The fourth-order valence-corrected chi connectivity index (χ4v) is 4.82. The van der Waals surface area contributed by atoms with Crippen molar-refractivity contribution in [2.45, 2.75) is 136 Å². The summed E-state index contributed by atoms with van der Waals surface area (Å²) in [5.41, 5.74) is -1.44. The van der Waals surface area contributed by atoms with E-state index < -0.39 is 23.5 Å². The zero-order valence-electron chi connectivity index (χ0n) is 23.3. The molecule has 6 heteroatoms. The topological polar surface area (TPSA) is 78.9 Å². The molecule has 2 atom stereocenters. The molecule has 0 saturated heterocycles. The predicted molar refractivity (Wildman–Crippen MR) is 143 cm³/mol. The van der Waals surface area contributed by atoms with Gasteiger partial charge in [-0.25, -0.2) is 9.59 Å². The second-order valence-electron chi connectivity index (χ2n) is 10.8. The lowest BCUT2D eigenvalue weighted by molar-refractivity contribution is -0.188. The van der Waals surface area contributed by atoms with Crippen LogP contribution in [0, 0.1) is 11.8 Å². The lowest BCUT2D eigenvalue weighted by Gasteiger charge is -2.37. The highest BCUT2D eigenvalue weighted by molar-refractivity contribution is 5.88. The van der Waals surface area contributed by atoms with Gasteiger partial charge >= 0.3 is 17.9 Å². The van der Waals surface area contributed by atoms with Gasteiger partial charge in [-0.05, 0) is 38.0 Å². The van der Waals surface area contributed by atoms with Gasteiger partial charge in [0, 0.05) is 12.5 Å². The van der Waals surface area contributed by atoms with Gasteiger partial charge in [-0.2, -0.15) is 0 Å². The van der Waals surface area contributed by atoms with Crippen LogP contribution >= 0.6 is 0 Å². The Morgan fingerprint density at radius 2 is 1.47 bits per heavy atom. The van der Waals surface area contributed by atoms with Gasteiger partial charge in [0.1, 0.15) is 0 Å². The third-order valence-corrected chi connectivity index (χ3v) is 7.03. The number of carbonyl (C=O) groups excluding carboxylic acids is 3. The SMILES string of the molecule is C=CC(=O)OC1(C(=O)OCCCCCCCCC)CCCC(C(=O)OCCCCCCCC(C)C)C1. The summed E-state index contributed by atoms with van der Waals surface area (Å²) < 4.78 is 16.6. The molecular formula is C30H52O6. The molecule has 0 aromatic rings.